The zero-order chi connectivity index (χ0) is 51.3. The lowest BCUT2D eigenvalue weighted by Crippen LogP contribution is -2.55. The molecule has 7 atom stereocenters. The molecule has 6 aromatic carbocycles. The Labute approximate surface area is 428 Å². The molecule has 0 saturated carbocycles. The van der Waals surface area contributed by atoms with Crippen LogP contribution in [0.25, 0.3) is 0 Å². The second-order valence-electron chi connectivity index (χ2n) is 18.5. The number of fused-ring (bicyclic) bond motifs is 3. The van der Waals surface area contributed by atoms with Gasteiger partial charge in [-0.3, -0.25) is 19.3 Å². The predicted molar refractivity (Wildman–Crippen MR) is 277 cm³/mol. The van der Waals surface area contributed by atoms with Crippen molar-refractivity contribution in [1.29, 1.82) is 0 Å². The normalized spacial score (nSPS) is 22.4. The maximum atomic E-state index is 16.8. The summed E-state index contributed by atoms with van der Waals surface area (Å²) in [5.74, 6) is 2.53. The van der Waals surface area contributed by atoms with Crippen LogP contribution in [0.3, 0.4) is 0 Å². The number of esters is 1. The van der Waals surface area contributed by atoms with E-state index < -0.39 is 71.5 Å². The highest BCUT2D eigenvalue weighted by Gasteiger charge is 2.75. The van der Waals surface area contributed by atoms with E-state index in [-0.39, 0.29) is 31.0 Å². The highest BCUT2D eigenvalue weighted by atomic mass is 16.6. The second kappa shape index (κ2) is 21.3. The number of ether oxygens (including phenoxy) is 3. The molecular weight excluding hydrogens is 939 g/mol. The van der Waals surface area contributed by atoms with Crippen molar-refractivity contribution in [1.82, 2.24) is 15.5 Å². The third-order valence-electron chi connectivity index (χ3n) is 14.2. The lowest BCUT2D eigenvalue weighted by Gasteiger charge is -2.46. The van der Waals surface area contributed by atoms with Gasteiger partial charge in [0.05, 0.1) is 56.1 Å². The quantitative estimate of drug-likeness (QED) is 0.0646. The Kier molecular flexibility index (Phi) is 14.1. The van der Waals surface area contributed by atoms with E-state index in [1.54, 1.807) is 48.5 Å². The molecule has 3 saturated heterocycles. The maximum absolute atomic E-state index is 16.8. The lowest BCUT2D eigenvalue weighted by molar-refractivity contribution is -0.177. The molecule has 16 nitrogen and oxygen atoms in total. The van der Waals surface area contributed by atoms with Gasteiger partial charge in [-0.25, -0.2) is 14.5 Å². The first-order valence-electron chi connectivity index (χ1n) is 24.6. The highest BCUT2D eigenvalue weighted by Crippen LogP contribution is 2.66. The number of aliphatic hydroxyl groups excluding tert-OH is 1. The standard InChI is InChI=1S/C58H55N7O9/c1-37(39-14-5-2-6-15-39)61-57(71)64-47-27-22-38(13-12-28-60-56(59)70)35-46(47)58(55(64)69)48(53(67)62-43-23-25-44(26-24-43)63-29-32-72-33-30-63)50-54(68)74-51(41-18-9-4-10-19-41)49(40-16-7-3-8-17-40)65(50)52(58)42-20-11-21-45(36-42)73-34-31-66/h2-11,14-27,35-37,48-52,66H,28-34H2,1H3,(H,61,71)(H,62,67)(H3,59,60,70)/t37-,48+,49+,50?,51-,52-,58+/m0/s1. The van der Waals surface area contributed by atoms with Crippen molar-refractivity contribution in [2.24, 2.45) is 11.7 Å². The molecule has 1 unspecified atom stereocenters. The monoisotopic (exact) mass is 993 g/mol. The molecule has 4 heterocycles. The molecule has 1 spiro atoms. The Bertz CT molecular complexity index is 3110. The van der Waals surface area contributed by atoms with Gasteiger partial charge >= 0.3 is 18.0 Å². The lowest BCUT2D eigenvalue weighted by atomic mass is 9.65. The van der Waals surface area contributed by atoms with Crippen molar-refractivity contribution in [3.05, 3.63) is 191 Å². The summed E-state index contributed by atoms with van der Waals surface area (Å²) < 4.78 is 18.3. The van der Waals surface area contributed by atoms with Crippen molar-refractivity contribution in [2.75, 3.05) is 61.2 Å². The minimum Gasteiger partial charge on any atom is -0.491 e. The zero-order valence-electron chi connectivity index (χ0n) is 40.6. The number of benzene rings is 6. The largest absolute Gasteiger partial charge is 0.491 e. The molecule has 6 amide bonds. The number of primary amides is 1. The first-order valence-corrected chi connectivity index (χ1v) is 24.6. The van der Waals surface area contributed by atoms with Crippen LogP contribution in [0.4, 0.5) is 26.7 Å². The fraction of sp³-hybridized carbons (Fsp3) is 0.259. The van der Waals surface area contributed by atoms with Gasteiger partial charge in [0.15, 0.2) is 0 Å². The number of imide groups is 1. The Morgan fingerprint density at radius 2 is 1.49 bits per heavy atom. The average Bonchev–Trinajstić information content (AvgIpc) is 3.95. The van der Waals surface area contributed by atoms with Gasteiger partial charge in [0, 0.05) is 30.0 Å². The summed E-state index contributed by atoms with van der Waals surface area (Å²) in [7, 11) is 0. The summed E-state index contributed by atoms with van der Waals surface area (Å²) in [6, 6.07) is 41.8. The molecule has 0 bridgehead atoms. The first kappa shape index (κ1) is 49.1. The van der Waals surface area contributed by atoms with Gasteiger partial charge in [0.2, 0.25) is 11.8 Å². The Hall–Kier alpha value is -8.49. The molecule has 4 aliphatic rings. The van der Waals surface area contributed by atoms with Crippen LogP contribution in [-0.2, 0) is 29.3 Å². The van der Waals surface area contributed by atoms with Crippen LogP contribution in [0.2, 0.25) is 0 Å². The van der Waals surface area contributed by atoms with Crippen molar-refractivity contribution >= 4 is 46.9 Å². The van der Waals surface area contributed by atoms with Crippen LogP contribution in [0.15, 0.2) is 158 Å². The number of hydrogen-bond donors (Lipinski definition) is 5. The number of anilines is 3. The van der Waals surface area contributed by atoms with Crippen LogP contribution in [0.5, 0.6) is 5.75 Å². The third kappa shape index (κ3) is 9.28. The second-order valence-corrected chi connectivity index (χ2v) is 18.5. The molecule has 0 aromatic heterocycles. The minimum absolute atomic E-state index is 0.0437. The number of nitrogens with one attached hydrogen (secondary N) is 3. The van der Waals surface area contributed by atoms with Crippen LogP contribution < -0.4 is 36.2 Å². The van der Waals surface area contributed by atoms with Crippen LogP contribution in [-0.4, -0.2) is 92.0 Å². The number of aliphatic hydroxyl groups is 1. The number of morpholine rings is 2. The average molecular weight is 994 g/mol. The molecule has 6 aromatic rings. The first-order chi connectivity index (χ1) is 36.1. The van der Waals surface area contributed by atoms with E-state index in [1.165, 1.54) is 0 Å². The van der Waals surface area contributed by atoms with E-state index in [0.717, 1.165) is 21.7 Å². The molecular formula is C58H55N7O9. The predicted octanol–water partition coefficient (Wildman–Crippen LogP) is 6.69. The third-order valence-corrected chi connectivity index (χ3v) is 14.2. The van der Waals surface area contributed by atoms with E-state index in [1.807, 2.05) is 121 Å². The van der Waals surface area contributed by atoms with E-state index in [2.05, 4.69) is 32.7 Å². The van der Waals surface area contributed by atoms with Crippen molar-refractivity contribution in [3.8, 4) is 17.6 Å². The number of nitrogens with zero attached hydrogens (tertiary/aromatic N) is 3. The van der Waals surface area contributed by atoms with Crippen LogP contribution in [0, 0.1) is 17.8 Å². The molecule has 6 N–H and O–H groups in total. The number of urea groups is 2. The van der Waals surface area contributed by atoms with Crippen molar-refractivity contribution in [2.45, 2.75) is 42.6 Å². The summed E-state index contributed by atoms with van der Waals surface area (Å²) >= 11 is 0. The molecule has 10 rings (SSSR count). The number of carbonyl (C=O) groups excluding carboxylic acids is 5. The zero-order valence-corrected chi connectivity index (χ0v) is 40.6. The summed E-state index contributed by atoms with van der Waals surface area (Å²) in [6.45, 7) is 3.94. The van der Waals surface area contributed by atoms with Gasteiger partial charge in [0.25, 0.3) is 0 Å². The van der Waals surface area contributed by atoms with E-state index in [9.17, 15) is 9.90 Å². The van der Waals surface area contributed by atoms with Gasteiger partial charge < -0.3 is 45.9 Å². The topological polar surface area (TPSA) is 205 Å². The summed E-state index contributed by atoms with van der Waals surface area (Å²) in [5, 5.41) is 18.5. The Balaban J connectivity index is 1.23. The summed E-state index contributed by atoms with van der Waals surface area (Å²) in [4.78, 5) is 80.6. The highest BCUT2D eigenvalue weighted by molar-refractivity contribution is 6.25. The molecule has 4 aliphatic heterocycles. The maximum Gasteiger partial charge on any atom is 0.329 e. The fourth-order valence-electron chi connectivity index (χ4n) is 11.1. The minimum atomic E-state index is -2.11. The summed E-state index contributed by atoms with van der Waals surface area (Å²) in [6.07, 6.45) is -0.956. The number of hydrogen-bond acceptors (Lipinski definition) is 11. The Morgan fingerprint density at radius 3 is 2.18 bits per heavy atom. The van der Waals surface area contributed by atoms with Gasteiger partial charge in [0.1, 0.15) is 29.9 Å². The van der Waals surface area contributed by atoms with Crippen LogP contribution in [0.1, 0.15) is 64.5 Å². The van der Waals surface area contributed by atoms with Gasteiger partial charge in [-0.1, -0.05) is 115 Å². The number of cyclic esters (lactones) is 1. The fourth-order valence-corrected chi connectivity index (χ4v) is 11.1. The van der Waals surface area contributed by atoms with Crippen molar-refractivity contribution in [3.63, 3.8) is 0 Å². The number of carbonyl (C=O) groups is 5. The smallest absolute Gasteiger partial charge is 0.329 e. The molecule has 3 fully saturated rings. The number of amides is 6. The van der Waals surface area contributed by atoms with E-state index in [4.69, 9.17) is 19.9 Å². The Morgan fingerprint density at radius 1 is 0.811 bits per heavy atom. The van der Waals surface area contributed by atoms with E-state index in [0.29, 0.717) is 54.4 Å². The number of nitrogens with two attached hydrogens (primary N) is 1. The molecule has 0 aliphatic carbocycles. The molecule has 0 radical (unpaired) electrons. The van der Waals surface area contributed by atoms with Gasteiger partial charge in [-0.05, 0) is 89.3 Å². The van der Waals surface area contributed by atoms with Crippen LogP contribution >= 0.6 is 0 Å². The molecule has 376 valence electrons. The molecule has 16 heteroatoms. The molecule has 74 heavy (non-hydrogen) atoms. The van der Waals surface area contributed by atoms with E-state index >= 15 is 19.2 Å². The summed E-state index contributed by atoms with van der Waals surface area (Å²) in [5.41, 5.74) is 8.04. The van der Waals surface area contributed by atoms with Crippen molar-refractivity contribution < 1.29 is 43.3 Å². The SMILES string of the molecule is C[C@H](NC(=O)N1C(=O)[C@@]2(c3cc(C#CCNC(N)=O)ccc31)[C@H](c1cccc(OCCO)c1)N1C(C(=O)O[C@@H](c3ccccc3)[C@H]1c1ccccc1)[C@@H]2C(=O)Nc1ccc(N2CCOCC2)cc1)c1ccccc1. The van der Waals surface area contributed by atoms with Gasteiger partial charge in [-0.15, -0.1) is 0 Å². The number of rotatable bonds is 12. The van der Waals surface area contributed by atoms with Gasteiger partial charge in [-0.2, -0.15) is 0 Å².